The maximum atomic E-state index is 2.42. The molecule has 8 aromatic rings. The van der Waals surface area contributed by atoms with Gasteiger partial charge in [-0.25, -0.2) is 0 Å². The number of rotatable bonds is 6. The summed E-state index contributed by atoms with van der Waals surface area (Å²) in [6, 6.07) is 68.6. The molecule has 0 aromatic heterocycles. The van der Waals surface area contributed by atoms with Crippen molar-refractivity contribution in [3.8, 4) is 44.5 Å². The summed E-state index contributed by atoms with van der Waals surface area (Å²) in [5.74, 6) is 0. The first-order valence-corrected chi connectivity index (χ1v) is 17.4. The highest BCUT2D eigenvalue weighted by Gasteiger charge is 2.37. The molecule has 0 unspecified atom stereocenters. The number of hydrogen-bond donors (Lipinski definition) is 0. The van der Waals surface area contributed by atoms with E-state index in [1.54, 1.807) is 0 Å². The van der Waals surface area contributed by atoms with E-state index in [1.165, 1.54) is 66.4 Å². The second kappa shape index (κ2) is 12.1. The Kier molecular flexibility index (Phi) is 7.21. The molecule has 1 heteroatoms. The average molecular weight is 640 g/mol. The molecular formula is C49H37N. The third-order valence-electron chi connectivity index (χ3n) is 10.5. The van der Waals surface area contributed by atoms with Crippen LogP contribution in [0.2, 0.25) is 0 Å². The summed E-state index contributed by atoms with van der Waals surface area (Å²) >= 11 is 0. The summed E-state index contributed by atoms with van der Waals surface area (Å²) in [6.45, 7) is 4.72. The van der Waals surface area contributed by atoms with Gasteiger partial charge in [-0.3, -0.25) is 0 Å². The highest BCUT2D eigenvalue weighted by Crippen LogP contribution is 2.53. The Balaban J connectivity index is 1.22. The van der Waals surface area contributed by atoms with Crippen LogP contribution in [0.4, 0.5) is 17.1 Å². The molecule has 1 aliphatic rings. The molecule has 0 saturated carbocycles. The van der Waals surface area contributed by atoms with Crippen molar-refractivity contribution in [1.29, 1.82) is 0 Å². The summed E-state index contributed by atoms with van der Waals surface area (Å²) in [6.07, 6.45) is 0. The van der Waals surface area contributed by atoms with E-state index in [1.807, 2.05) is 0 Å². The minimum absolute atomic E-state index is 0.105. The number of benzene rings is 8. The fourth-order valence-corrected chi connectivity index (χ4v) is 7.96. The number of hydrogen-bond acceptors (Lipinski definition) is 1. The number of nitrogens with zero attached hydrogens (tertiary/aromatic N) is 1. The normalized spacial score (nSPS) is 12.8. The zero-order valence-electron chi connectivity index (χ0n) is 28.3. The molecule has 0 aliphatic heterocycles. The van der Waals surface area contributed by atoms with Crippen LogP contribution in [0.1, 0.15) is 25.0 Å². The van der Waals surface area contributed by atoms with Crippen LogP contribution in [-0.2, 0) is 5.41 Å². The van der Waals surface area contributed by atoms with E-state index < -0.39 is 0 Å². The average Bonchev–Trinajstić information content (AvgIpc) is 3.41. The van der Waals surface area contributed by atoms with Gasteiger partial charge in [0, 0.05) is 22.5 Å². The molecule has 0 atom stereocenters. The lowest BCUT2D eigenvalue weighted by molar-refractivity contribution is 0.660. The Morgan fingerprint density at radius 1 is 0.360 bits per heavy atom. The van der Waals surface area contributed by atoms with Crippen molar-refractivity contribution < 1.29 is 0 Å². The Morgan fingerprint density at radius 2 is 0.940 bits per heavy atom. The zero-order valence-corrected chi connectivity index (χ0v) is 28.3. The third-order valence-corrected chi connectivity index (χ3v) is 10.5. The molecule has 50 heavy (non-hydrogen) atoms. The van der Waals surface area contributed by atoms with Crippen LogP contribution >= 0.6 is 0 Å². The highest BCUT2D eigenvalue weighted by atomic mass is 15.1. The van der Waals surface area contributed by atoms with Crippen molar-refractivity contribution in [2.24, 2.45) is 0 Å². The number of fused-ring (bicyclic) bond motifs is 4. The SMILES string of the molecule is CC1(C)c2ccc(N(c3ccc(-c4cccc5ccccc45)cc3)c3cccc(-c4ccccc4)c3)cc2-c2c(-c3ccccc3)cccc21. The quantitative estimate of drug-likeness (QED) is 0.175. The molecule has 9 rings (SSSR count). The predicted molar refractivity (Wildman–Crippen MR) is 213 cm³/mol. The summed E-state index contributed by atoms with van der Waals surface area (Å²) in [5.41, 5.74) is 16.0. The van der Waals surface area contributed by atoms with Gasteiger partial charge in [-0.05, 0) is 103 Å². The first-order valence-electron chi connectivity index (χ1n) is 17.4. The van der Waals surface area contributed by atoms with Gasteiger partial charge in [0.25, 0.3) is 0 Å². The van der Waals surface area contributed by atoms with E-state index >= 15 is 0 Å². The molecule has 0 saturated heterocycles. The zero-order chi connectivity index (χ0) is 33.7. The van der Waals surface area contributed by atoms with Crippen LogP contribution in [0, 0.1) is 0 Å². The van der Waals surface area contributed by atoms with Crippen molar-refractivity contribution in [1.82, 2.24) is 0 Å². The minimum atomic E-state index is -0.105. The number of anilines is 3. The second-order valence-electron chi connectivity index (χ2n) is 13.8. The standard InChI is InChI=1S/C49H37N/c1-49(2)46-31-30-41(33-45(46)48-44(24-13-25-47(48)49)36-16-7-4-8-17-36)50(40-21-11-20-38(32-40)34-14-5-3-6-15-34)39-28-26-37(27-29-39)43-23-12-19-35-18-9-10-22-42(35)43/h3-33H,1-2H3. The second-order valence-corrected chi connectivity index (χ2v) is 13.8. The molecule has 0 bridgehead atoms. The van der Waals surface area contributed by atoms with Crippen LogP contribution in [0.5, 0.6) is 0 Å². The summed E-state index contributed by atoms with van der Waals surface area (Å²) in [5, 5.41) is 2.52. The van der Waals surface area contributed by atoms with E-state index in [-0.39, 0.29) is 5.41 Å². The van der Waals surface area contributed by atoms with Gasteiger partial charge in [0.1, 0.15) is 0 Å². The summed E-state index contributed by atoms with van der Waals surface area (Å²) < 4.78 is 0. The smallest absolute Gasteiger partial charge is 0.0468 e. The van der Waals surface area contributed by atoms with Crippen LogP contribution < -0.4 is 4.90 Å². The van der Waals surface area contributed by atoms with Crippen molar-refractivity contribution in [3.63, 3.8) is 0 Å². The molecule has 1 nitrogen and oxygen atoms in total. The molecule has 0 amide bonds. The van der Waals surface area contributed by atoms with Gasteiger partial charge in [-0.15, -0.1) is 0 Å². The Hall–Kier alpha value is -6.18. The first kappa shape index (κ1) is 29.9. The summed E-state index contributed by atoms with van der Waals surface area (Å²) in [7, 11) is 0. The molecule has 0 fully saturated rings. The Morgan fingerprint density at radius 3 is 1.74 bits per heavy atom. The van der Waals surface area contributed by atoms with E-state index in [0.717, 1.165) is 17.1 Å². The van der Waals surface area contributed by atoms with E-state index in [9.17, 15) is 0 Å². The Bertz CT molecular complexity index is 2490. The van der Waals surface area contributed by atoms with E-state index in [2.05, 4.69) is 207 Å². The predicted octanol–water partition coefficient (Wildman–Crippen LogP) is 13.6. The maximum absolute atomic E-state index is 2.42. The Labute approximate surface area is 294 Å². The fraction of sp³-hybridized carbons (Fsp3) is 0.0612. The van der Waals surface area contributed by atoms with Gasteiger partial charge in [-0.1, -0.05) is 166 Å². The van der Waals surface area contributed by atoms with Gasteiger partial charge in [-0.2, -0.15) is 0 Å². The lowest BCUT2D eigenvalue weighted by Gasteiger charge is -2.28. The van der Waals surface area contributed by atoms with Crippen LogP contribution in [0.15, 0.2) is 188 Å². The third kappa shape index (κ3) is 5.02. The minimum Gasteiger partial charge on any atom is -0.310 e. The largest absolute Gasteiger partial charge is 0.310 e. The molecule has 0 N–H and O–H groups in total. The van der Waals surface area contributed by atoms with Crippen molar-refractivity contribution in [2.45, 2.75) is 19.3 Å². The highest BCUT2D eigenvalue weighted by molar-refractivity contribution is 5.98. The van der Waals surface area contributed by atoms with Crippen LogP contribution in [0.3, 0.4) is 0 Å². The van der Waals surface area contributed by atoms with E-state index in [4.69, 9.17) is 0 Å². The van der Waals surface area contributed by atoms with Gasteiger partial charge in [0.2, 0.25) is 0 Å². The first-order chi connectivity index (χ1) is 24.6. The van der Waals surface area contributed by atoms with E-state index in [0.29, 0.717) is 0 Å². The molecule has 0 spiro atoms. The fourth-order valence-electron chi connectivity index (χ4n) is 7.96. The van der Waals surface area contributed by atoms with Gasteiger partial charge >= 0.3 is 0 Å². The molecule has 0 radical (unpaired) electrons. The molecule has 1 aliphatic carbocycles. The monoisotopic (exact) mass is 639 g/mol. The van der Waals surface area contributed by atoms with Gasteiger partial charge in [0.05, 0.1) is 0 Å². The van der Waals surface area contributed by atoms with Crippen LogP contribution in [0.25, 0.3) is 55.3 Å². The molecule has 8 aromatic carbocycles. The van der Waals surface area contributed by atoms with Crippen molar-refractivity contribution in [3.05, 3.63) is 199 Å². The van der Waals surface area contributed by atoms with Gasteiger partial charge < -0.3 is 4.90 Å². The topological polar surface area (TPSA) is 3.24 Å². The molecule has 238 valence electrons. The summed E-state index contributed by atoms with van der Waals surface area (Å²) in [4.78, 5) is 2.41. The van der Waals surface area contributed by atoms with Gasteiger partial charge in [0.15, 0.2) is 0 Å². The maximum Gasteiger partial charge on any atom is 0.0468 e. The molecular weight excluding hydrogens is 603 g/mol. The lowest BCUT2D eigenvalue weighted by atomic mass is 9.82. The van der Waals surface area contributed by atoms with Crippen molar-refractivity contribution >= 4 is 27.8 Å². The van der Waals surface area contributed by atoms with Crippen molar-refractivity contribution in [2.75, 3.05) is 4.90 Å². The lowest BCUT2D eigenvalue weighted by Crippen LogP contribution is -2.15. The molecule has 0 heterocycles. The van der Waals surface area contributed by atoms with Crippen LogP contribution in [-0.4, -0.2) is 0 Å².